The number of piperidine rings is 1. The fraction of sp³-hybridized carbons (Fsp3) is 0.444. The average molecular weight is 332 g/mol. The molecule has 1 fully saturated rings. The minimum Gasteiger partial charge on any atom is -0.295 e. The fourth-order valence-electron chi connectivity index (χ4n) is 3.44. The molecule has 0 aromatic heterocycles. The van der Waals surface area contributed by atoms with Crippen molar-refractivity contribution in [1.82, 2.24) is 9.62 Å². The summed E-state index contributed by atoms with van der Waals surface area (Å²) in [4.78, 5) is 2.37. The molecule has 0 radical (unpaired) electrons. The van der Waals surface area contributed by atoms with Gasteiger partial charge in [-0.05, 0) is 48.7 Å². The average Bonchev–Trinajstić information content (AvgIpc) is 2.52. The third-order valence-electron chi connectivity index (χ3n) is 4.64. The highest BCUT2D eigenvalue weighted by Gasteiger charge is 2.26. The van der Waals surface area contributed by atoms with Crippen LogP contribution in [0.3, 0.4) is 0 Å². The summed E-state index contributed by atoms with van der Waals surface area (Å²) in [7, 11) is -3.14. The van der Waals surface area contributed by atoms with E-state index in [0.29, 0.717) is 0 Å². The lowest BCUT2D eigenvalue weighted by atomic mass is 9.98. The molecule has 23 heavy (non-hydrogen) atoms. The van der Waals surface area contributed by atoms with Crippen molar-refractivity contribution in [3.8, 4) is 0 Å². The molecule has 4 nitrogen and oxygen atoms in total. The van der Waals surface area contributed by atoms with E-state index in [9.17, 15) is 8.42 Å². The van der Waals surface area contributed by atoms with Crippen molar-refractivity contribution in [2.24, 2.45) is 0 Å². The van der Waals surface area contributed by atoms with Crippen LogP contribution in [0.15, 0.2) is 42.5 Å². The van der Waals surface area contributed by atoms with Gasteiger partial charge in [0.1, 0.15) is 0 Å². The number of benzene rings is 2. The van der Waals surface area contributed by atoms with Gasteiger partial charge in [-0.15, -0.1) is 0 Å². The van der Waals surface area contributed by atoms with Crippen molar-refractivity contribution in [2.75, 3.05) is 19.3 Å². The van der Waals surface area contributed by atoms with Gasteiger partial charge in [-0.3, -0.25) is 4.90 Å². The first-order valence-corrected chi connectivity index (χ1v) is 10.0. The zero-order valence-corrected chi connectivity index (χ0v) is 14.5. The Kier molecular flexibility index (Phi) is 4.71. The molecular formula is C18H24N2O2S. The van der Waals surface area contributed by atoms with Crippen LogP contribution < -0.4 is 4.72 Å². The molecule has 5 heteroatoms. The van der Waals surface area contributed by atoms with E-state index in [2.05, 4.69) is 59.0 Å². The molecule has 2 aromatic carbocycles. The molecule has 1 aliphatic heterocycles. The van der Waals surface area contributed by atoms with E-state index in [1.807, 2.05) is 0 Å². The Morgan fingerprint density at radius 1 is 1.17 bits per heavy atom. The van der Waals surface area contributed by atoms with Gasteiger partial charge >= 0.3 is 0 Å². The van der Waals surface area contributed by atoms with E-state index in [1.54, 1.807) is 0 Å². The topological polar surface area (TPSA) is 49.4 Å². The van der Waals surface area contributed by atoms with Gasteiger partial charge in [0.05, 0.1) is 6.26 Å². The largest absolute Gasteiger partial charge is 0.295 e. The number of hydrogen-bond donors (Lipinski definition) is 1. The van der Waals surface area contributed by atoms with Crippen molar-refractivity contribution >= 4 is 20.8 Å². The van der Waals surface area contributed by atoms with Crippen LogP contribution in [0.2, 0.25) is 0 Å². The van der Waals surface area contributed by atoms with Gasteiger partial charge in [-0.25, -0.2) is 13.1 Å². The summed E-state index contributed by atoms with van der Waals surface area (Å²) in [6.45, 7) is 3.98. The predicted molar refractivity (Wildman–Crippen MR) is 94.9 cm³/mol. The molecule has 1 heterocycles. The summed E-state index contributed by atoms with van der Waals surface area (Å²) >= 11 is 0. The van der Waals surface area contributed by atoms with Gasteiger partial charge in [0, 0.05) is 18.6 Å². The Bertz CT molecular complexity index is 788. The maximum absolute atomic E-state index is 11.5. The molecule has 3 rings (SSSR count). The highest BCUT2D eigenvalue weighted by atomic mass is 32.2. The van der Waals surface area contributed by atoms with Crippen LogP contribution >= 0.6 is 0 Å². The molecule has 124 valence electrons. The summed E-state index contributed by atoms with van der Waals surface area (Å²) < 4.78 is 25.7. The van der Waals surface area contributed by atoms with Gasteiger partial charge in [0.15, 0.2) is 0 Å². The highest BCUT2D eigenvalue weighted by molar-refractivity contribution is 7.88. The van der Waals surface area contributed by atoms with E-state index < -0.39 is 10.0 Å². The van der Waals surface area contributed by atoms with Crippen molar-refractivity contribution < 1.29 is 8.42 Å². The van der Waals surface area contributed by atoms with Crippen LogP contribution in [-0.4, -0.2) is 38.7 Å². The summed E-state index contributed by atoms with van der Waals surface area (Å²) in [5, 5.41) is 2.50. The van der Waals surface area contributed by atoms with Crippen molar-refractivity contribution in [3.63, 3.8) is 0 Å². The molecule has 1 N–H and O–H groups in total. The Balaban J connectivity index is 1.76. The van der Waals surface area contributed by atoms with Crippen LogP contribution in [0.4, 0.5) is 0 Å². The molecular weight excluding hydrogens is 308 g/mol. The van der Waals surface area contributed by atoms with Gasteiger partial charge < -0.3 is 0 Å². The van der Waals surface area contributed by atoms with Gasteiger partial charge in [0.25, 0.3) is 0 Å². The van der Waals surface area contributed by atoms with E-state index in [-0.39, 0.29) is 12.1 Å². The first-order valence-electron chi connectivity index (χ1n) is 8.12. The maximum atomic E-state index is 11.5. The predicted octanol–water partition coefficient (Wildman–Crippen LogP) is 2.91. The van der Waals surface area contributed by atoms with Crippen LogP contribution in [0.5, 0.6) is 0 Å². The molecule has 0 unspecified atom stereocenters. The van der Waals surface area contributed by atoms with Gasteiger partial charge in [0.2, 0.25) is 10.0 Å². The SMILES string of the molecule is C[C@H](c1ccc2ccccc2c1)N1CCC[C@H](NS(C)(=O)=O)C1. The smallest absolute Gasteiger partial charge is 0.208 e. The van der Waals surface area contributed by atoms with Gasteiger partial charge in [-0.2, -0.15) is 0 Å². The second kappa shape index (κ2) is 6.59. The molecule has 0 saturated carbocycles. The summed E-state index contributed by atoms with van der Waals surface area (Å²) in [5.41, 5.74) is 1.28. The molecule has 0 bridgehead atoms. The lowest BCUT2D eigenvalue weighted by Crippen LogP contribution is -2.47. The molecule has 2 atom stereocenters. The lowest BCUT2D eigenvalue weighted by Gasteiger charge is -2.37. The van der Waals surface area contributed by atoms with E-state index in [4.69, 9.17) is 0 Å². The Morgan fingerprint density at radius 2 is 1.91 bits per heavy atom. The van der Waals surface area contributed by atoms with Crippen LogP contribution in [0.1, 0.15) is 31.4 Å². The van der Waals surface area contributed by atoms with Gasteiger partial charge in [-0.1, -0.05) is 36.4 Å². The van der Waals surface area contributed by atoms with Crippen LogP contribution in [-0.2, 0) is 10.0 Å². The normalized spacial score (nSPS) is 21.4. The standard InChI is InChI=1S/C18H24N2O2S/c1-14(16-10-9-15-6-3-4-7-17(15)12-16)20-11-5-8-18(13-20)19-23(2,21)22/h3-4,6-7,9-10,12,14,18-19H,5,8,11,13H2,1-2H3/t14-,18+/m1/s1. The number of likely N-dealkylation sites (tertiary alicyclic amines) is 1. The quantitative estimate of drug-likeness (QED) is 0.936. The number of sulfonamides is 1. The number of fused-ring (bicyclic) bond motifs is 1. The van der Waals surface area contributed by atoms with E-state index in [0.717, 1.165) is 25.9 Å². The second-order valence-electron chi connectivity index (χ2n) is 6.51. The van der Waals surface area contributed by atoms with Crippen LogP contribution in [0.25, 0.3) is 10.8 Å². The monoisotopic (exact) mass is 332 g/mol. The van der Waals surface area contributed by atoms with Crippen LogP contribution in [0, 0.1) is 0 Å². The zero-order chi connectivity index (χ0) is 16.4. The Morgan fingerprint density at radius 3 is 2.65 bits per heavy atom. The lowest BCUT2D eigenvalue weighted by molar-refractivity contribution is 0.154. The summed E-state index contributed by atoms with van der Waals surface area (Å²) in [5.74, 6) is 0. The van der Waals surface area contributed by atoms with E-state index >= 15 is 0 Å². The first-order chi connectivity index (χ1) is 10.9. The molecule has 1 aliphatic rings. The minimum atomic E-state index is -3.14. The number of hydrogen-bond acceptors (Lipinski definition) is 3. The molecule has 0 amide bonds. The number of nitrogens with zero attached hydrogens (tertiary/aromatic N) is 1. The minimum absolute atomic E-state index is 0.0154. The van der Waals surface area contributed by atoms with E-state index in [1.165, 1.54) is 22.6 Å². The summed E-state index contributed by atoms with van der Waals surface area (Å²) in [6.07, 6.45) is 3.16. The Labute approximate surface area is 138 Å². The van der Waals surface area contributed by atoms with Crippen molar-refractivity contribution in [1.29, 1.82) is 0 Å². The number of nitrogens with one attached hydrogen (secondary N) is 1. The fourth-order valence-corrected chi connectivity index (χ4v) is 4.23. The second-order valence-corrected chi connectivity index (χ2v) is 8.29. The first kappa shape index (κ1) is 16.4. The zero-order valence-electron chi connectivity index (χ0n) is 13.7. The summed E-state index contributed by atoms with van der Waals surface area (Å²) in [6, 6.07) is 15.3. The number of rotatable bonds is 4. The molecule has 0 aliphatic carbocycles. The maximum Gasteiger partial charge on any atom is 0.208 e. The molecule has 1 saturated heterocycles. The third kappa shape index (κ3) is 4.10. The molecule has 0 spiro atoms. The molecule has 2 aromatic rings. The third-order valence-corrected chi connectivity index (χ3v) is 5.40. The van der Waals surface area contributed by atoms with Crippen molar-refractivity contribution in [3.05, 3.63) is 48.0 Å². The highest BCUT2D eigenvalue weighted by Crippen LogP contribution is 2.27. The van der Waals surface area contributed by atoms with Crippen molar-refractivity contribution in [2.45, 2.75) is 31.8 Å². The Hall–Kier alpha value is -1.43.